The summed E-state index contributed by atoms with van der Waals surface area (Å²) in [6, 6.07) is 18.0. The van der Waals surface area contributed by atoms with Crippen molar-refractivity contribution in [3.05, 3.63) is 59.7 Å². The van der Waals surface area contributed by atoms with Crippen LogP contribution in [0.2, 0.25) is 0 Å². The number of nitrogens with zero attached hydrogens (tertiary/aromatic N) is 4. The van der Waals surface area contributed by atoms with Gasteiger partial charge in [0.1, 0.15) is 0 Å². The van der Waals surface area contributed by atoms with E-state index in [1.807, 2.05) is 36.2 Å². The van der Waals surface area contributed by atoms with Crippen molar-refractivity contribution in [3.63, 3.8) is 0 Å². The van der Waals surface area contributed by atoms with Crippen LogP contribution >= 0.6 is 23.5 Å². The maximum Gasteiger partial charge on any atom is 0.165 e. The Morgan fingerprint density at radius 2 is 2.19 bits per heavy atom. The largest absolute Gasteiger partial charge is 0.348 e. The van der Waals surface area contributed by atoms with Gasteiger partial charge in [0, 0.05) is 24.5 Å². The third-order valence-corrected chi connectivity index (χ3v) is 6.05. The van der Waals surface area contributed by atoms with Crippen LogP contribution in [-0.4, -0.2) is 40.3 Å². The number of hydrogen-bond donors (Lipinski definition) is 1. The fourth-order valence-electron chi connectivity index (χ4n) is 3.08. The lowest BCUT2D eigenvalue weighted by Gasteiger charge is -2.14. The number of anilines is 1. The molecular weight excluding hydrogens is 374 g/mol. The van der Waals surface area contributed by atoms with Crippen molar-refractivity contribution in [1.82, 2.24) is 4.90 Å². The normalized spacial score (nSPS) is 18.8. The Kier molecular flexibility index (Phi) is 5.37. The molecule has 1 atom stereocenters. The molecule has 1 saturated heterocycles. The maximum absolute atomic E-state index is 8.90. The van der Waals surface area contributed by atoms with Crippen molar-refractivity contribution in [3.8, 4) is 6.07 Å². The first-order valence-corrected chi connectivity index (χ1v) is 10.9. The first kappa shape index (κ1) is 18.0. The van der Waals surface area contributed by atoms with Crippen molar-refractivity contribution in [2.45, 2.75) is 6.04 Å². The highest BCUT2D eigenvalue weighted by Crippen LogP contribution is 2.33. The predicted molar refractivity (Wildman–Crippen MR) is 116 cm³/mol. The fourth-order valence-corrected chi connectivity index (χ4v) is 4.55. The van der Waals surface area contributed by atoms with Crippen molar-refractivity contribution in [2.75, 3.05) is 30.4 Å². The average molecular weight is 394 g/mol. The van der Waals surface area contributed by atoms with Crippen molar-refractivity contribution < 1.29 is 0 Å². The SMILES string of the molecule is CSC(=Nc1ccc(C#N)cc1)Nc1cccc([C@H]2CN3CCSC3=N2)c1. The summed E-state index contributed by atoms with van der Waals surface area (Å²) in [5, 5.41) is 14.3. The Morgan fingerprint density at radius 1 is 1.33 bits per heavy atom. The number of aliphatic imine (C=N–C) groups is 2. The summed E-state index contributed by atoms with van der Waals surface area (Å²) in [5.41, 5.74) is 3.69. The molecule has 4 rings (SSSR count). The molecule has 2 heterocycles. The monoisotopic (exact) mass is 393 g/mol. The minimum absolute atomic E-state index is 0.211. The van der Waals surface area contributed by atoms with Crippen LogP contribution in [-0.2, 0) is 0 Å². The van der Waals surface area contributed by atoms with Crippen LogP contribution in [0, 0.1) is 11.3 Å². The first-order chi connectivity index (χ1) is 13.2. The minimum Gasteiger partial charge on any atom is -0.348 e. The van der Waals surface area contributed by atoms with E-state index in [1.54, 1.807) is 23.9 Å². The molecule has 27 heavy (non-hydrogen) atoms. The summed E-state index contributed by atoms with van der Waals surface area (Å²) >= 11 is 3.41. The molecule has 5 nitrogen and oxygen atoms in total. The standard InChI is InChI=1S/C20H19N5S2/c1-26-19(22-16-7-5-14(12-21)6-8-16)23-17-4-2-3-15(11-17)18-13-25-9-10-27-20(25)24-18/h2-8,11,18H,9-10,13H2,1H3,(H,22,23)/t18-/m1/s1. The topological polar surface area (TPSA) is 63.8 Å². The molecule has 0 aromatic heterocycles. The third-order valence-electron chi connectivity index (χ3n) is 4.47. The van der Waals surface area contributed by atoms with E-state index in [4.69, 9.17) is 10.3 Å². The third kappa shape index (κ3) is 4.12. The van der Waals surface area contributed by atoms with Gasteiger partial charge in [-0.05, 0) is 48.2 Å². The minimum atomic E-state index is 0.211. The highest BCUT2D eigenvalue weighted by atomic mass is 32.2. The zero-order valence-electron chi connectivity index (χ0n) is 14.9. The van der Waals surface area contributed by atoms with Gasteiger partial charge in [-0.2, -0.15) is 5.26 Å². The summed E-state index contributed by atoms with van der Waals surface area (Å²) in [6.45, 7) is 2.08. The maximum atomic E-state index is 8.90. The van der Waals surface area contributed by atoms with Gasteiger partial charge in [-0.3, -0.25) is 4.99 Å². The van der Waals surface area contributed by atoms with Gasteiger partial charge in [0.25, 0.3) is 0 Å². The molecule has 2 aliphatic heterocycles. The molecule has 2 aromatic rings. The number of hydrogen-bond acceptors (Lipinski definition) is 6. The summed E-state index contributed by atoms with van der Waals surface area (Å²) in [4.78, 5) is 11.9. The lowest BCUT2D eigenvalue weighted by atomic mass is 10.1. The van der Waals surface area contributed by atoms with Crippen LogP contribution in [0.3, 0.4) is 0 Å². The van der Waals surface area contributed by atoms with Gasteiger partial charge in [0.15, 0.2) is 10.3 Å². The predicted octanol–water partition coefficient (Wildman–Crippen LogP) is 4.48. The number of thioether (sulfide) groups is 2. The van der Waals surface area contributed by atoms with E-state index in [0.29, 0.717) is 5.56 Å². The molecule has 0 unspecified atom stereocenters. The van der Waals surface area contributed by atoms with Crippen LogP contribution in [0.1, 0.15) is 17.2 Å². The zero-order valence-corrected chi connectivity index (χ0v) is 16.6. The molecule has 0 saturated carbocycles. The molecule has 1 N–H and O–H groups in total. The van der Waals surface area contributed by atoms with E-state index in [2.05, 4.69) is 39.5 Å². The average Bonchev–Trinajstić information content (AvgIpc) is 3.30. The van der Waals surface area contributed by atoms with Gasteiger partial charge >= 0.3 is 0 Å². The Hall–Kier alpha value is -2.43. The molecule has 0 aliphatic carbocycles. The summed E-state index contributed by atoms with van der Waals surface area (Å²) < 4.78 is 0. The number of benzene rings is 2. The molecule has 2 aliphatic rings. The molecule has 1 fully saturated rings. The van der Waals surface area contributed by atoms with Crippen LogP contribution in [0.5, 0.6) is 0 Å². The fraction of sp³-hybridized carbons (Fsp3) is 0.250. The first-order valence-electron chi connectivity index (χ1n) is 8.70. The number of nitriles is 1. The van der Waals surface area contributed by atoms with Crippen molar-refractivity contribution in [2.24, 2.45) is 9.98 Å². The Morgan fingerprint density at radius 3 is 2.93 bits per heavy atom. The molecular formula is C20H19N5S2. The lowest BCUT2D eigenvalue weighted by molar-refractivity contribution is 0.464. The Balaban J connectivity index is 1.50. The van der Waals surface area contributed by atoms with Crippen LogP contribution in [0.25, 0.3) is 0 Å². The molecule has 0 spiro atoms. The molecule has 7 heteroatoms. The number of nitrogens with one attached hydrogen (secondary N) is 1. The quantitative estimate of drug-likeness (QED) is 0.615. The van der Waals surface area contributed by atoms with E-state index in [0.717, 1.165) is 35.4 Å². The second kappa shape index (κ2) is 8.07. The van der Waals surface area contributed by atoms with E-state index in [9.17, 15) is 0 Å². The van der Waals surface area contributed by atoms with E-state index < -0.39 is 0 Å². The van der Waals surface area contributed by atoms with Gasteiger partial charge in [0.2, 0.25) is 0 Å². The van der Waals surface area contributed by atoms with Crippen LogP contribution in [0.4, 0.5) is 11.4 Å². The van der Waals surface area contributed by atoms with Crippen molar-refractivity contribution >= 4 is 45.2 Å². The second-order valence-electron chi connectivity index (χ2n) is 6.25. The highest BCUT2D eigenvalue weighted by molar-refractivity contribution is 8.14. The van der Waals surface area contributed by atoms with Crippen LogP contribution < -0.4 is 5.32 Å². The van der Waals surface area contributed by atoms with Gasteiger partial charge in [0.05, 0.1) is 23.4 Å². The van der Waals surface area contributed by atoms with Crippen molar-refractivity contribution in [1.29, 1.82) is 5.26 Å². The molecule has 136 valence electrons. The van der Waals surface area contributed by atoms with Gasteiger partial charge in [-0.15, -0.1) is 0 Å². The van der Waals surface area contributed by atoms with Gasteiger partial charge in [-0.1, -0.05) is 35.7 Å². The molecule has 0 amide bonds. The zero-order chi connectivity index (χ0) is 18.6. The Bertz CT molecular complexity index is 930. The van der Waals surface area contributed by atoms with E-state index in [-0.39, 0.29) is 6.04 Å². The smallest absolute Gasteiger partial charge is 0.165 e. The van der Waals surface area contributed by atoms with E-state index >= 15 is 0 Å². The van der Waals surface area contributed by atoms with Gasteiger partial charge < -0.3 is 10.2 Å². The molecule has 0 bridgehead atoms. The second-order valence-corrected chi connectivity index (χ2v) is 8.11. The summed E-state index contributed by atoms with van der Waals surface area (Å²) in [7, 11) is 0. The molecule has 0 radical (unpaired) electrons. The highest BCUT2D eigenvalue weighted by Gasteiger charge is 2.30. The Labute approximate surface area is 167 Å². The lowest BCUT2D eigenvalue weighted by Crippen LogP contribution is -2.21. The summed E-state index contributed by atoms with van der Waals surface area (Å²) in [6.07, 6.45) is 1.99. The number of amidine groups is 2. The van der Waals surface area contributed by atoms with Gasteiger partial charge in [-0.25, -0.2) is 4.99 Å². The van der Waals surface area contributed by atoms with Crippen LogP contribution in [0.15, 0.2) is 58.5 Å². The summed E-state index contributed by atoms with van der Waals surface area (Å²) in [5.74, 6) is 1.15. The number of rotatable bonds is 3. The van der Waals surface area contributed by atoms with E-state index in [1.165, 1.54) is 10.7 Å². The molecule has 2 aromatic carbocycles. The number of fused-ring (bicyclic) bond motifs is 1.